The van der Waals surface area contributed by atoms with Crippen LogP contribution >= 0.6 is 24.8 Å². The Morgan fingerprint density at radius 2 is 1.50 bits per heavy atom. The van der Waals surface area contributed by atoms with Crippen LogP contribution in [0.15, 0.2) is 0 Å². The molecule has 0 aromatic rings. The molecule has 0 aliphatic carbocycles. The van der Waals surface area contributed by atoms with E-state index in [0.29, 0.717) is 0 Å². The zero-order valence-electron chi connectivity index (χ0n) is 8.63. The first-order valence-corrected chi connectivity index (χ1v) is 5.41. The van der Waals surface area contributed by atoms with Gasteiger partial charge in [0.05, 0.1) is 0 Å². The lowest BCUT2D eigenvalue weighted by Crippen LogP contribution is -2.44. The van der Waals surface area contributed by atoms with Crippen LogP contribution in [-0.2, 0) is 0 Å². The fraction of sp³-hybridized carbons (Fsp3) is 1.00. The number of rotatable bonds is 1. The molecule has 2 saturated heterocycles. The Morgan fingerprint density at radius 1 is 0.786 bits per heavy atom. The summed E-state index contributed by atoms with van der Waals surface area (Å²) in [6, 6.07) is 0.848. The number of halogens is 2. The standard InChI is InChI=1S/C10H20N2.2ClH/c1-2-6-12-10(3-1)9-4-7-11-8-5-9;;/h9-12H,1-8H2;2*1H. The van der Waals surface area contributed by atoms with Gasteiger partial charge in [-0.05, 0) is 51.2 Å². The van der Waals surface area contributed by atoms with Crippen molar-refractivity contribution in [3.8, 4) is 0 Å². The number of nitrogens with one attached hydrogen (secondary N) is 2. The predicted octanol–water partition coefficient (Wildman–Crippen LogP) is 1.97. The van der Waals surface area contributed by atoms with Gasteiger partial charge in [-0.15, -0.1) is 24.8 Å². The van der Waals surface area contributed by atoms with Gasteiger partial charge in [-0.25, -0.2) is 0 Å². The fourth-order valence-electron chi connectivity index (χ4n) is 2.53. The molecule has 0 aromatic heterocycles. The van der Waals surface area contributed by atoms with Crippen LogP contribution in [0.3, 0.4) is 0 Å². The molecule has 0 aromatic carbocycles. The van der Waals surface area contributed by atoms with Crippen molar-refractivity contribution >= 4 is 24.8 Å². The molecule has 4 heteroatoms. The Bertz CT molecular complexity index is 116. The highest BCUT2D eigenvalue weighted by Crippen LogP contribution is 2.22. The van der Waals surface area contributed by atoms with Crippen molar-refractivity contribution in [1.29, 1.82) is 0 Å². The second-order valence-electron chi connectivity index (χ2n) is 4.14. The van der Waals surface area contributed by atoms with E-state index in [9.17, 15) is 0 Å². The Morgan fingerprint density at radius 3 is 2.07 bits per heavy atom. The van der Waals surface area contributed by atoms with E-state index in [4.69, 9.17) is 0 Å². The minimum Gasteiger partial charge on any atom is -0.317 e. The lowest BCUT2D eigenvalue weighted by molar-refractivity contribution is 0.243. The van der Waals surface area contributed by atoms with Gasteiger partial charge in [-0.3, -0.25) is 0 Å². The van der Waals surface area contributed by atoms with Gasteiger partial charge in [0.25, 0.3) is 0 Å². The molecule has 86 valence electrons. The fourth-order valence-corrected chi connectivity index (χ4v) is 2.53. The van der Waals surface area contributed by atoms with E-state index in [1.54, 1.807) is 0 Å². The molecule has 2 aliphatic heterocycles. The van der Waals surface area contributed by atoms with E-state index in [1.165, 1.54) is 51.7 Å². The van der Waals surface area contributed by atoms with E-state index >= 15 is 0 Å². The number of hydrogen-bond donors (Lipinski definition) is 2. The first-order chi connectivity index (χ1) is 5.97. The van der Waals surface area contributed by atoms with Gasteiger partial charge in [0.2, 0.25) is 0 Å². The maximum atomic E-state index is 3.66. The smallest absolute Gasteiger partial charge is 0.00962 e. The second-order valence-corrected chi connectivity index (χ2v) is 4.14. The van der Waals surface area contributed by atoms with Crippen molar-refractivity contribution in [3.05, 3.63) is 0 Å². The summed E-state index contributed by atoms with van der Waals surface area (Å²) in [6.07, 6.45) is 7.03. The molecule has 0 amide bonds. The van der Waals surface area contributed by atoms with Gasteiger partial charge in [-0.1, -0.05) is 6.42 Å². The van der Waals surface area contributed by atoms with Crippen molar-refractivity contribution in [1.82, 2.24) is 10.6 Å². The lowest BCUT2D eigenvalue weighted by atomic mass is 9.86. The zero-order chi connectivity index (χ0) is 8.23. The van der Waals surface area contributed by atoms with Crippen molar-refractivity contribution in [3.63, 3.8) is 0 Å². The van der Waals surface area contributed by atoms with Crippen LogP contribution in [0.1, 0.15) is 32.1 Å². The van der Waals surface area contributed by atoms with E-state index in [2.05, 4.69) is 10.6 Å². The lowest BCUT2D eigenvalue weighted by Gasteiger charge is -2.34. The summed E-state index contributed by atoms with van der Waals surface area (Å²) in [5, 5.41) is 7.09. The molecule has 0 radical (unpaired) electrons. The number of hydrogen-bond acceptors (Lipinski definition) is 2. The molecule has 0 bridgehead atoms. The predicted molar refractivity (Wildman–Crippen MR) is 65.7 cm³/mol. The summed E-state index contributed by atoms with van der Waals surface area (Å²) in [4.78, 5) is 0. The molecule has 0 saturated carbocycles. The third-order valence-corrected chi connectivity index (χ3v) is 3.30. The maximum absolute atomic E-state index is 3.66. The van der Waals surface area contributed by atoms with Crippen LogP contribution in [0, 0.1) is 5.92 Å². The van der Waals surface area contributed by atoms with E-state index < -0.39 is 0 Å². The Labute approximate surface area is 99.4 Å². The first kappa shape index (κ1) is 14.5. The van der Waals surface area contributed by atoms with Crippen molar-refractivity contribution in [2.45, 2.75) is 38.1 Å². The molecule has 0 spiro atoms. The SMILES string of the molecule is C1CCC(C2CCNCC2)NC1.Cl.Cl. The topological polar surface area (TPSA) is 24.1 Å². The summed E-state index contributed by atoms with van der Waals surface area (Å²) in [5.41, 5.74) is 0. The maximum Gasteiger partial charge on any atom is 0.00962 e. The third kappa shape index (κ3) is 3.93. The Hall–Kier alpha value is 0.500. The molecule has 2 heterocycles. The highest BCUT2D eigenvalue weighted by Gasteiger charge is 2.24. The van der Waals surface area contributed by atoms with Crippen LogP contribution in [0.2, 0.25) is 0 Å². The molecule has 1 atom stereocenters. The number of piperidine rings is 2. The molecule has 2 nitrogen and oxygen atoms in total. The minimum atomic E-state index is 0. The highest BCUT2D eigenvalue weighted by molar-refractivity contribution is 5.85. The molecule has 2 fully saturated rings. The van der Waals surface area contributed by atoms with Crippen molar-refractivity contribution < 1.29 is 0 Å². The summed E-state index contributed by atoms with van der Waals surface area (Å²) >= 11 is 0. The quantitative estimate of drug-likeness (QED) is 0.733. The van der Waals surface area contributed by atoms with Crippen LogP contribution in [0.4, 0.5) is 0 Å². The van der Waals surface area contributed by atoms with Gasteiger partial charge in [0.1, 0.15) is 0 Å². The summed E-state index contributed by atoms with van der Waals surface area (Å²) in [5.74, 6) is 0.964. The molecular formula is C10H22Cl2N2. The largest absolute Gasteiger partial charge is 0.317 e. The van der Waals surface area contributed by atoms with Gasteiger partial charge < -0.3 is 10.6 Å². The van der Waals surface area contributed by atoms with E-state index in [-0.39, 0.29) is 24.8 Å². The van der Waals surface area contributed by atoms with Gasteiger partial charge in [-0.2, -0.15) is 0 Å². The third-order valence-electron chi connectivity index (χ3n) is 3.30. The molecule has 2 N–H and O–H groups in total. The highest BCUT2D eigenvalue weighted by atomic mass is 35.5. The second kappa shape index (κ2) is 7.75. The van der Waals surface area contributed by atoms with Crippen LogP contribution < -0.4 is 10.6 Å². The molecular weight excluding hydrogens is 219 g/mol. The summed E-state index contributed by atoms with van der Waals surface area (Å²) in [6.45, 7) is 3.74. The Balaban J connectivity index is 0.000000845. The van der Waals surface area contributed by atoms with Crippen LogP contribution in [0.5, 0.6) is 0 Å². The van der Waals surface area contributed by atoms with Crippen molar-refractivity contribution in [2.75, 3.05) is 19.6 Å². The monoisotopic (exact) mass is 240 g/mol. The molecule has 2 rings (SSSR count). The summed E-state index contributed by atoms with van der Waals surface area (Å²) in [7, 11) is 0. The summed E-state index contributed by atoms with van der Waals surface area (Å²) < 4.78 is 0. The van der Waals surface area contributed by atoms with Gasteiger partial charge in [0.15, 0.2) is 0 Å². The van der Waals surface area contributed by atoms with Gasteiger partial charge >= 0.3 is 0 Å². The molecule has 14 heavy (non-hydrogen) atoms. The average Bonchev–Trinajstić information content (AvgIpc) is 2.21. The van der Waals surface area contributed by atoms with E-state index in [0.717, 1.165) is 12.0 Å². The molecule has 1 unspecified atom stereocenters. The van der Waals surface area contributed by atoms with Crippen LogP contribution in [-0.4, -0.2) is 25.7 Å². The van der Waals surface area contributed by atoms with E-state index in [1.807, 2.05) is 0 Å². The van der Waals surface area contributed by atoms with Crippen LogP contribution in [0.25, 0.3) is 0 Å². The molecule has 2 aliphatic rings. The zero-order valence-corrected chi connectivity index (χ0v) is 10.3. The van der Waals surface area contributed by atoms with Crippen molar-refractivity contribution in [2.24, 2.45) is 5.92 Å². The normalized spacial score (nSPS) is 28.7. The average molecular weight is 241 g/mol. The Kier molecular flexibility index (Phi) is 8.02. The minimum absolute atomic E-state index is 0. The first-order valence-electron chi connectivity index (χ1n) is 5.41. The van der Waals surface area contributed by atoms with Gasteiger partial charge in [0, 0.05) is 6.04 Å².